The van der Waals surface area contributed by atoms with E-state index in [2.05, 4.69) is 5.32 Å². The Morgan fingerprint density at radius 3 is 2.16 bits per heavy atom. The molecule has 3 aromatic rings. The number of ether oxygens (including phenoxy) is 1. The number of halogens is 1. The molecule has 0 saturated heterocycles. The molecule has 0 bridgehead atoms. The van der Waals surface area contributed by atoms with Gasteiger partial charge in [-0.3, -0.25) is 13.9 Å². The molecule has 0 heterocycles. The molecule has 8 nitrogen and oxygen atoms in total. The molecule has 37 heavy (non-hydrogen) atoms. The molecule has 196 valence electrons. The molecule has 1 N–H and O–H groups in total. The molecule has 0 radical (unpaired) electrons. The van der Waals surface area contributed by atoms with Gasteiger partial charge in [-0.25, -0.2) is 12.8 Å². The van der Waals surface area contributed by atoms with Crippen LogP contribution in [0.1, 0.15) is 12.5 Å². The maximum absolute atomic E-state index is 13.7. The lowest BCUT2D eigenvalue weighted by Gasteiger charge is -2.31. The van der Waals surface area contributed by atoms with Gasteiger partial charge in [0.15, 0.2) is 0 Å². The van der Waals surface area contributed by atoms with E-state index in [0.717, 1.165) is 22.0 Å². The lowest BCUT2D eigenvalue weighted by Crippen LogP contribution is -2.51. The van der Waals surface area contributed by atoms with Gasteiger partial charge in [-0.1, -0.05) is 30.3 Å². The molecule has 10 heteroatoms. The molecule has 0 aliphatic heterocycles. The van der Waals surface area contributed by atoms with Gasteiger partial charge < -0.3 is 15.0 Å². The number of nitrogens with one attached hydrogen (secondary N) is 1. The molecular weight excluding hydrogens is 497 g/mol. The van der Waals surface area contributed by atoms with Crippen LogP contribution < -0.4 is 14.4 Å². The average Bonchev–Trinajstić information content (AvgIpc) is 2.92. The van der Waals surface area contributed by atoms with Gasteiger partial charge in [-0.05, 0) is 67.4 Å². The van der Waals surface area contributed by atoms with Crippen molar-refractivity contribution in [1.82, 2.24) is 10.2 Å². The Bertz CT molecular complexity index is 1300. The van der Waals surface area contributed by atoms with Crippen LogP contribution in [0.4, 0.5) is 10.1 Å². The van der Waals surface area contributed by atoms with Crippen LogP contribution in [0.15, 0.2) is 83.8 Å². The monoisotopic (exact) mass is 527 g/mol. The van der Waals surface area contributed by atoms with E-state index in [9.17, 15) is 22.4 Å². The quantitative estimate of drug-likeness (QED) is 0.413. The normalized spacial score (nSPS) is 11.9. The number of carbonyl (C=O) groups excluding carboxylic acids is 2. The summed E-state index contributed by atoms with van der Waals surface area (Å²) in [5, 5.41) is 2.54. The molecule has 0 aliphatic rings. The Hall–Kier alpha value is -3.92. The Morgan fingerprint density at radius 1 is 0.973 bits per heavy atom. The van der Waals surface area contributed by atoms with Crippen molar-refractivity contribution < 1.29 is 27.1 Å². The number of methoxy groups -OCH3 is 1. The van der Waals surface area contributed by atoms with E-state index < -0.39 is 34.3 Å². The minimum atomic E-state index is -4.23. The summed E-state index contributed by atoms with van der Waals surface area (Å²) in [5.41, 5.74) is 1.08. The van der Waals surface area contributed by atoms with Gasteiger partial charge in [0.2, 0.25) is 11.8 Å². The lowest BCUT2D eigenvalue weighted by atomic mass is 10.1. The molecule has 0 aromatic heterocycles. The van der Waals surface area contributed by atoms with E-state index in [-0.39, 0.29) is 23.0 Å². The average molecular weight is 528 g/mol. The van der Waals surface area contributed by atoms with E-state index in [0.29, 0.717) is 12.2 Å². The van der Waals surface area contributed by atoms with E-state index >= 15 is 0 Å². The van der Waals surface area contributed by atoms with Crippen molar-refractivity contribution in [2.24, 2.45) is 0 Å². The van der Waals surface area contributed by atoms with Crippen LogP contribution in [0.5, 0.6) is 5.75 Å². The van der Waals surface area contributed by atoms with Crippen LogP contribution in [0.25, 0.3) is 0 Å². The van der Waals surface area contributed by atoms with Crippen LogP contribution in [-0.2, 0) is 26.0 Å². The highest BCUT2D eigenvalue weighted by atomic mass is 32.2. The molecule has 0 spiro atoms. The summed E-state index contributed by atoms with van der Waals surface area (Å²) in [6.45, 7) is 1.19. The second-order valence-corrected chi connectivity index (χ2v) is 10.1. The molecule has 0 aliphatic carbocycles. The molecule has 2 amide bonds. The lowest BCUT2D eigenvalue weighted by molar-refractivity contribution is -0.138. The second-order valence-electron chi connectivity index (χ2n) is 8.28. The van der Waals surface area contributed by atoms with E-state index in [4.69, 9.17) is 4.74 Å². The summed E-state index contributed by atoms with van der Waals surface area (Å²) in [5.74, 6) is -1.04. The Balaban J connectivity index is 1.96. The molecule has 3 aromatic carbocycles. The molecular formula is C27H30FN3O5S. The summed E-state index contributed by atoms with van der Waals surface area (Å²) in [4.78, 5) is 27.3. The minimum absolute atomic E-state index is 0.0689. The van der Waals surface area contributed by atoms with Crippen molar-refractivity contribution in [1.29, 1.82) is 0 Å². The highest BCUT2D eigenvalue weighted by Crippen LogP contribution is 2.26. The Kier molecular flexibility index (Phi) is 9.24. The summed E-state index contributed by atoms with van der Waals surface area (Å²) in [6, 6.07) is 19.2. The second kappa shape index (κ2) is 12.4. The third kappa shape index (κ3) is 6.85. The van der Waals surface area contributed by atoms with Gasteiger partial charge in [0, 0.05) is 13.6 Å². The van der Waals surface area contributed by atoms with E-state index in [1.54, 1.807) is 6.92 Å². The summed E-state index contributed by atoms with van der Waals surface area (Å²) in [7, 11) is -1.30. The zero-order valence-corrected chi connectivity index (χ0v) is 21.7. The number of hydrogen-bond donors (Lipinski definition) is 1. The fraction of sp³-hybridized carbons (Fsp3) is 0.259. The molecule has 1 atom stereocenters. The zero-order valence-electron chi connectivity index (χ0n) is 20.9. The van der Waals surface area contributed by atoms with Crippen LogP contribution >= 0.6 is 0 Å². The third-order valence-electron chi connectivity index (χ3n) is 5.94. The third-order valence-corrected chi connectivity index (χ3v) is 7.73. The summed E-state index contributed by atoms with van der Waals surface area (Å²) in [6.07, 6.45) is 0.468. The zero-order chi connectivity index (χ0) is 27.0. The number of likely N-dealkylation sites (N-methyl/N-ethyl adjacent to an activating group) is 1. The van der Waals surface area contributed by atoms with Gasteiger partial charge in [0.05, 0.1) is 17.7 Å². The van der Waals surface area contributed by atoms with Crippen molar-refractivity contribution in [2.45, 2.75) is 24.3 Å². The number of hydrogen-bond acceptors (Lipinski definition) is 5. The van der Waals surface area contributed by atoms with Gasteiger partial charge in [0.1, 0.15) is 24.2 Å². The first-order valence-corrected chi connectivity index (χ1v) is 13.1. The van der Waals surface area contributed by atoms with Crippen molar-refractivity contribution in [2.75, 3.05) is 31.6 Å². The smallest absolute Gasteiger partial charge is 0.264 e. The predicted octanol–water partition coefficient (Wildman–Crippen LogP) is 3.24. The van der Waals surface area contributed by atoms with Gasteiger partial charge in [0.25, 0.3) is 10.0 Å². The molecule has 0 fully saturated rings. The first kappa shape index (κ1) is 27.7. The van der Waals surface area contributed by atoms with Gasteiger partial charge in [-0.15, -0.1) is 0 Å². The van der Waals surface area contributed by atoms with Crippen molar-refractivity contribution >= 4 is 27.5 Å². The Labute approximate surface area is 216 Å². The number of amides is 2. The largest absolute Gasteiger partial charge is 0.497 e. The van der Waals surface area contributed by atoms with Crippen LogP contribution in [-0.4, -0.2) is 58.4 Å². The number of carbonyl (C=O) groups is 2. The standard InChI is InChI=1S/C27H30FN3O5S/c1-20(27(33)29-2)30(18-17-21-7-5-4-6-8-21)26(32)19-31(23-11-9-22(28)10-12-23)37(34,35)25-15-13-24(36-3)14-16-25/h4-16,20H,17-19H2,1-3H3,(H,29,33)/t20-/m1/s1. The highest BCUT2D eigenvalue weighted by Gasteiger charge is 2.32. The van der Waals surface area contributed by atoms with Gasteiger partial charge in [-0.2, -0.15) is 0 Å². The number of benzene rings is 3. The predicted molar refractivity (Wildman–Crippen MR) is 139 cm³/mol. The maximum Gasteiger partial charge on any atom is 0.264 e. The summed E-state index contributed by atoms with van der Waals surface area (Å²) >= 11 is 0. The van der Waals surface area contributed by atoms with E-state index in [1.807, 2.05) is 30.3 Å². The SMILES string of the molecule is CNC(=O)[C@@H](C)N(CCc1ccccc1)C(=O)CN(c1ccc(F)cc1)S(=O)(=O)c1ccc(OC)cc1. The topological polar surface area (TPSA) is 96.0 Å². The van der Waals surface area contributed by atoms with Crippen molar-refractivity contribution in [3.8, 4) is 5.75 Å². The fourth-order valence-corrected chi connectivity index (χ4v) is 5.20. The van der Waals surface area contributed by atoms with E-state index in [1.165, 1.54) is 55.5 Å². The maximum atomic E-state index is 13.7. The highest BCUT2D eigenvalue weighted by molar-refractivity contribution is 7.92. The Morgan fingerprint density at radius 2 is 1.59 bits per heavy atom. The molecule has 0 unspecified atom stereocenters. The fourth-order valence-electron chi connectivity index (χ4n) is 3.79. The minimum Gasteiger partial charge on any atom is -0.497 e. The number of anilines is 1. The number of nitrogens with zero attached hydrogens (tertiary/aromatic N) is 2. The number of sulfonamides is 1. The van der Waals surface area contributed by atoms with Crippen molar-refractivity contribution in [3.63, 3.8) is 0 Å². The first-order valence-electron chi connectivity index (χ1n) is 11.6. The molecule has 0 saturated carbocycles. The summed E-state index contributed by atoms with van der Waals surface area (Å²) < 4.78 is 47.0. The van der Waals surface area contributed by atoms with Crippen LogP contribution in [0.3, 0.4) is 0 Å². The first-order chi connectivity index (χ1) is 17.7. The van der Waals surface area contributed by atoms with Gasteiger partial charge >= 0.3 is 0 Å². The van der Waals surface area contributed by atoms with Crippen LogP contribution in [0, 0.1) is 5.82 Å². The molecule has 3 rings (SSSR count). The van der Waals surface area contributed by atoms with Crippen LogP contribution in [0.2, 0.25) is 0 Å². The number of rotatable bonds is 11. The van der Waals surface area contributed by atoms with Crippen molar-refractivity contribution in [3.05, 3.63) is 90.2 Å².